The molecule has 1 unspecified atom stereocenters. The number of alkyl halides is 1. The van der Waals surface area contributed by atoms with Gasteiger partial charge in [-0.2, -0.15) is 0 Å². The van der Waals surface area contributed by atoms with Crippen LogP contribution in [0.4, 0.5) is 0 Å². The highest BCUT2D eigenvalue weighted by atomic mass is 35.5. The van der Waals surface area contributed by atoms with Gasteiger partial charge in [0, 0.05) is 6.42 Å². The van der Waals surface area contributed by atoms with Crippen molar-refractivity contribution in [3.8, 4) is 11.5 Å². The van der Waals surface area contributed by atoms with E-state index in [1.54, 1.807) is 0 Å². The van der Waals surface area contributed by atoms with Crippen LogP contribution in [0, 0.1) is 0 Å². The largest absolute Gasteiger partial charge is 0.490 e. The number of fused-ring (bicyclic) bond motifs is 1. The highest BCUT2D eigenvalue weighted by molar-refractivity contribution is 6.20. The molecule has 0 amide bonds. The maximum Gasteiger partial charge on any atom is 0.161 e. The topological polar surface area (TPSA) is 18.5 Å². The van der Waals surface area contributed by atoms with Crippen LogP contribution in [0.15, 0.2) is 18.2 Å². The molecule has 1 aliphatic heterocycles. The van der Waals surface area contributed by atoms with Crippen molar-refractivity contribution in [1.29, 1.82) is 0 Å². The number of halogens is 1. The fourth-order valence-corrected chi connectivity index (χ4v) is 2.40. The van der Waals surface area contributed by atoms with Crippen LogP contribution in [0.3, 0.4) is 0 Å². The lowest BCUT2D eigenvalue weighted by atomic mass is 10.1. The summed E-state index contributed by atoms with van der Waals surface area (Å²) in [6, 6.07) is 6.06. The SMILES string of the molecule is CCCCCC(Cl)c1ccc2c(c1)OCCCO2. The predicted octanol–water partition coefficient (Wildman–Crippen LogP) is 4.71. The van der Waals surface area contributed by atoms with Gasteiger partial charge in [0.25, 0.3) is 0 Å². The molecule has 0 spiro atoms. The Hall–Kier alpha value is -0.890. The van der Waals surface area contributed by atoms with Gasteiger partial charge in [0.1, 0.15) is 0 Å². The molecular weight excluding hydrogens is 248 g/mol. The molecule has 0 saturated carbocycles. The van der Waals surface area contributed by atoms with Crippen LogP contribution in [0.1, 0.15) is 50.0 Å². The van der Waals surface area contributed by atoms with E-state index in [0.717, 1.165) is 43.1 Å². The quantitative estimate of drug-likeness (QED) is 0.569. The van der Waals surface area contributed by atoms with Crippen molar-refractivity contribution >= 4 is 11.6 Å². The summed E-state index contributed by atoms with van der Waals surface area (Å²) in [5, 5.41) is 0.0775. The average molecular weight is 269 g/mol. The molecule has 0 saturated heterocycles. The first-order chi connectivity index (χ1) is 8.81. The Morgan fingerprint density at radius 1 is 1.17 bits per heavy atom. The molecule has 1 aliphatic rings. The zero-order chi connectivity index (χ0) is 12.8. The van der Waals surface area contributed by atoms with E-state index >= 15 is 0 Å². The lowest BCUT2D eigenvalue weighted by Crippen LogP contribution is -1.97. The molecule has 0 aromatic heterocycles. The van der Waals surface area contributed by atoms with Crippen LogP contribution < -0.4 is 9.47 Å². The lowest BCUT2D eigenvalue weighted by Gasteiger charge is -2.13. The fraction of sp³-hybridized carbons (Fsp3) is 0.600. The number of rotatable bonds is 5. The molecule has 0 fully saturated rings. The van der Waals surface area contributed by atoms with E-state index in [1.165, 1.54) is 19.3 Å². The van der Waals surface area contributed by atoms with Gasteiger partial charge < -0.3 is 9.47 Å². The zero-order valence-corrected chi connectivity index (χ0v) is 11.7. The Morgan fingerprint density at radius 3 is 2.72 bits per heavy atom. The van der Waals surface area contributed by atoms with Crippen molar-refractivity contribution in [2.45, 2.75) is 44.4 Å². The van der Waals surface area contributed by atoms with Gasteiger partial charge in [-0.15, -0.1) is 11.6 Å². The summed E-state index contributed by atoms with van der Waals surface area (Å²) in [5.74, 6) is 1.68. The second-order valence-corrected chi connectivity index (χ2v) is 5.25. The molecule has 0 aliphatic carbocycles. The summed E-state index contributed by atoms with van der Waals surface area (Å²) in [5.41, 5.74) is 1.14. The molecule has 0 bridgehead atoms. The molecule has 0 N–H and O–H groups in total. The number of benzene rings is 1. The molecule has 2 rings (SSSR count). The van der Waals surface area contributed by atoms with E-state index in [2.05, 4.69) is 13.0 Å². The van der Waals surface area contributed by atoms with Gasteiger partial charge in [-0.3, -0.25) is 0 Å². The van der Waals surface area contributed by atoms with Gasteiger partial charge in [0.15, 0.2) is 11.5 Å². The minimum absolute atomic E-state index is 0.0775. The van der Waals surface area contributed by atoms with Crippen LogP contribution >= 0.6 is 11.6 Å². The van der Waals surface area contributed by atoms with Gasteiger partial charge in [-0.1, -0.05) is 32.3 Å². The summed E-state index contributed by atoms with van der Waals surface area (Å²) >= 11 is 6.43. The van der Waals surface area contributed by atoms with E-state index in [1.807, 2.05) is 12.1 Å². The molecule has 18 heavy (non-hydrogen) atoms. The van der Waals surface area contributed by atoms with E-state index < -0.39 is 0 Å². The molecule has 1 aromatic carbocycles. The molecule has 0 radical (unpaired) electrons. The highest BCUT2D eigenvalue weighted by Gasteiger charge is 2.14. The Bertz CT molecular complexity index is 379. The maximum atomic E-state index is 6.43. The first kappa shape index (κ1) is 13.5. The third-order valence-corrected chi connectivity index (χ3v) is 3.66. The monoisotopic (exact) mass is 268 g/mol. The van der Waals surface area contributed by atoms with Gasteiger partial charge in [-0.05, 0) is 24.1 Å². The van der Waals surface area contributed by atoms with Crippen LogP contribution in [0.5, 0.6) is 11.5 Å². The second kappa shape index (κ2) is 6.89. The smallest absolute Gasteiger partial charge is 0.161 e. The molecular formula is C15H21ClO2. The van der Waals surface area contributed by atoms with Crippen molar-refractivity contribution in [2.75, 3.05) is 13.2 Å². The van der Waals surface area contributed by atoms with E-state index in [9.17, 15) is 0 Å². The van der Waals surface area contributed by atoms with Gasteiger partial charge in [-0.25, -0.2) is 0 Å². The minimum atomic E-state index is 0.0775. The Balaban J connectivity index is 2.02. The van der Waals surface area contributed by atoms with Crippen molar-refractivity contribution in [2.24, 2.45) is 0 Å². The summed E-state index contributed by atoms with van der Waals surface area (Å²) in [4.78, 5) is 0. The normalized spacial score (nSPS) is 16.1. The zero-order valence-electron chi connectivity index (χ0n) is 11.0. The summed E-state index contributed by atoms with van der Waals surface area (Å²) in [7, 11) is 0. The summed E-state index contributed by atoms with van der Waals surface area (Å²) < 4.78 is 11.3. The van der Waals surface area contributed by atoms with Crippen molar-refractivity contribution < 1.29 is 9.47 Å². The summed E-state index contributed by atoms with van der Waals surface area (Å²) in [6.07, 6.45) is 5.61. The third-order valence-electron chi connectivity index (χ3n) is 3.19. The van der Waals surface area contributed by atoms with Crippen LogP contribution in [-0.2, 0) is 0 Å². The van der Waals surface area contributed by atoms with Gasteiger partial charge in [0.2, 0.25) is 0 Å². The van der Waals surface area contributed by atoms with E-state index in [0.29, 0.717) is 0 Å². The molecule has 2 nitrogen and oxygen atoms in total. The molecule has 1 atom stereocenters. The van der Waals surface area contributed by atoms with Crippen LogP contribution in [0.2, 0.25) is 0 Å². The number of ether oxygens (including phenoxy) is 2. The Labute approximate surface area is 114 Å². The standard InChI is InChI=1S/C15H21ClO2/c1-2-3-4-6-13(16)12-7-8-14-15(11-12)18-10-5-9-17-14/h7-8,11,13H,2-6,9-10H2,1H3. The van der Waals surface area contributed by atoms with Gasteiger partial charge in [0.05, 0.1) is 18.6 Å². The first-order valence-electron chi connectivity index (χ1n) is 6.85. The molecule has 1 aromatic rings. The fourth-order valence-electron chi connectivity index (χ4n) is 2.11. The lowest BCUT2D eigenvalue weighted by molar-refractivity contribution is 0.297. The number of hydrogen-bond donors (Lipinski definition) is 0. The molecule has 1 heterocycles. The van der Waals surface area contributed by atoms with Gasteiger partial charge >= 0.3 is 0 Å². The van der Waals surface area contributed by atoms with Crippen molar-refractivity contribution in [1.82, 2.24) is 0 Å². The Morgan fingerprint density at radius 2 is 1.94 bits per heavy atom. The van der Waals surface area contributed by atoms with Crippen molar-refractivity contribution in [3.05, 3.63) is 23.8 Å². The third kappa shape index (κ3) is 3.55. The highest BCUT2D eigenvalue weighted by Crippen LogP contribution is 2.35. The van der Waals surface area contributed by atoms with Crippen LogP contribution in [0.25, 0.3) is 0 Å². The van der Waals surface area contributed by atoms with E-state index in [4.69, 9.17) is 21.1 Å². The molecule has 3 heteroatoms. The number of hydrogen-bond acceptors (Lipinski definition) is 2. The Kier molecular flexibility index (Phi) is 5.18. The second-order valence-electron chi connectivity index (χ2n) is 4.72. The average Bonchev–Trinajstić information content (AvgIpc) is 2.63. The molecule has 100 valence electrons. The number of unbranched alkanes of at least 4 members (excludes halogenated alkanes) is 2. The maximum absolute atomic E-state index is 6.43. The van der Waals surface area contributed by atoms with Crippen LogP contribution in [-0.4, -0.2) is 13.2 Å². The predicted molar refractivity (Wildman–Crippen MR) is 74.8 cm³/mol. The van der Waals surface area contributed by atoms with E-state index in [-0.39, 0.29) is 5.38 Å². The minimum Gasteiger partial charge on any atom is -0.490 e. The first-order valence-corrected chi connectivity index (χ1v) is 7.28. The summed E-state index contributed by atoms with van der Waals surface area (Å²) in [6.45, 7) is 3.66. The van der Waals surface area contributed by atoms with Crippen molar-refractivity contribution in [3.63, 3.8) is 0 Å².